The summed E-state index contributed by atoms with van der Waals surface area (Å²) in [5.41, 5.74) is 1.35. The molecular formula is C23H36IN5S. The van der Waals surface area contributed by atoms with Crippen molar-refractivity contribution in [2.45, 2.75) is 25.4 Å². The number of nitrogens with zero attached hydrogens (tertiary/aromatic N) is 3. The van der Waals surface area contributed by atoms with Crippen LogP contribution in [-0.2, 0) is 6.54 Å². The van der Waals surface area contributed by atoms with E-state index in [1.54, 1.807) is 0 Å². The highest BCUT2D eigenvalue weighted by Gasteiger charge is 2.31. The Bertz CT molecular complexity index is 737. The van der Waals surface area contributed by atoms with Crippen molar-refractivity contribution >= 4 is 41.3 Å². The molecule has 3 rings (SSSR count). The van der Waals surface area contributed by atoms with Crippen LogP contribution in [0.25, 0.3) is 0 Å². The summed E-state index contributed by atoms with van der Waals surface area (Å²) < 4.78 is 0. The molecule has 2 unspecified atom stereocenters. The standard InChI is InChI=1S/C23H35N5S.HI/c1-24-23(25-13-15-27(2)18-19-9-5-4-6-10-19)26-17-20-11-7-14-28(3)22(20)21-12-8-16-29-21;/h4-6,8-10,12,16,20,22H,7,11,13-15,17-18H2,1-3H3,(H2,24,25,26);1H. The first kappa shape index (κ1) is 25.1. The van der Waals surface area contributed by atoms with Crippen LogP contribution in [0.15, 0.2) is 52.8 Å². The minimum absolute atomic E-state index is 0. The normalized spacial score (nSPS) is 20.1. The van der Waals surface area contributed by atoms with E-state index in [1.807, 2.05) is 18.4 Å². The number of hydrogen-bond acceptors (Lipinski definition) is 4. The zero-order chi connectivity index (χ0) is 20.5. The van der Waals surface area contributed by atoms with Gasteiger partial charge in [0, 0.05) is 44.1 Å². The highest BCUT2D eigenvalue weighted by molar-refractivity contribution is 14.0. The van der Waals surface area contributed by atoms with E-state index < -0.39 is 0 Å². The fourth-order valence-corrected chi connectivity index (χ4v) is 5.15. The fraction of sp³-hybridized carbons (Fsp3) is 0.522. The summed E-state index contributed by atoms with van der Waals surface area (Å²) in [6, 6.07) is 15.6. The van der Waals surface area contributed by atoms with Crippen molar-refractivity contribution in [1.29, 1.82) is 0 Å². The van der Waals surface area contributed by atoms with E-state index in [4.69, 9.17) is 0 Å². The van der Waals surface area contributed by atoms with Crippen LogP contribution in [0.5, 0.6) is 0 Å². The second-order valence-electron chi connectivity index (χ2n) is 7.95. The fourth-order valence-electron chi connectivity index (χ4n) is 4.17. The number of likely N-dealkylation sites (N-methyl/N-ethyl adjacent to an activating group) is 1. The van der Waals surface area contributed by atoms with Gasteiger partial charge in [-0.1, -0.05) is 36.4 Å². The number of rotatable bonds is 8. The quantitative estimate of drug-likeness (QED) is 0.301. The molecule has 0 radical (unpaired) electrons. The molecule has 30 heavy (non-hydrogen) atoms. The number of benzene rings is 1. The smallest absolute Gasteiger partial charge is 0.191 e. The first-order chi connectivity index (χ1) is 14.2. The van der Waals surface area contributed by atoms with Crippen molar-refractivity contribution in [3.8, 4) is 0 Å². The van der Waals surface area contributed by atoms with Crippen LogP contribution in [0.4, 0.5) is 0 Å². The maximum Gasteiger partial charge on any atom is 0.191 e. The van der Waals surface area contributed by atoms with Crippen molar-refractivity contribution in [3.05, 3.63) is 58.3 Å². The Morgan fingerprint density at radius 1 is 1.20 bits per heavy atom. The van der Waals surface area contributed by atoms with Gasteiger partial charge in [-0.25, -0.2) is 0 Å². The molecule has 166 valence electrons. The topological polar surface area (TPSA) is 42.9 Å². The van der Waals surface area contributed by atoms with Gasteiger partial charge in [0.15, 0.2) is 5.96 Å². The number of guanidine groups is 1. The van der Waals surface area contributed by atoms with Gasteiger partial charge in [0.05, 0.1) is 0 Å². The Hall–Kier alpha value is -1.16. The zero-order valence-corrected chi connectivity index (χ0v) is 21.5. The molecule has 0 amide bonds. The lowest BCUT2D eigenvalue weighted by Gasteiger charge is -2.39. The Morgan fingerprint density at radius 3 is 2.70 bits per heavy atom. The number of halogens is 1. The molecule has 0 aliphatic carbocycles. The lowest BCUT2D eigenvalue weighted by atomic mass is 9.88. The number of piperidine rings is 1. The van der Waals surface area contributed by atoms with Crippen molar-refractivity contribution in [3.63, 3.8) is 0 Å². The van der Waals surface area contributed by atoms with Gasteiger partial charge in [-0.2, -0.15) is 0 Å². The van der Waals surface area contributed by atoms with Crippen molar-refractivity contribution in [2.75, 3.05) is 47.3 Å². The second-order valence-corrected chi connectivity index (χ2v) is 8.93. The summed E-state index contributed by atoms with van der Waals surface area (Å²) in [4.78, 5) is 10.7. The third kappa shape index (κ3) is 7.51. The summed E-state index contributed by atoms with van der Waals surface area (Å²) in [6.45, 7) is 4.94. The Balaban J connectivity index is 0.00000320. The van der Waals surface area contributed by atoms with Crippen LogP contribution in [0.3, 0.4) is 0 Å². The predicted octanol–water partition coefficient (Wildman–Crippen LogP) is 4.05. The Labute approximate surface area is 203 Å². The zero-order valence-electron chi connectivity index (χ0n) is 18.4. The molecule has 0 spiro atoms. The number of aliphatic imine (C=N–C) groups is 1. The van der Waals surface area contributed by atoms with E-state index in [0.717, 1.165) is 32.1 Å². The average molecular weight is 542 g/mol. The van der Waals surface area contributed by atoms with E-state index in [1.165, 1.54) is 29.8 Å². The minimum Gasteiger partial charge on any atom is -0.356 e. The molecule has 2 atom stereocenters. The van der Waals surface area contributed by atoms with Gasteiger partial charge in [0.2, 0.25) is 0 Å². The highest BCUT2D eigenvalue weighted by Crippen LogP contribution is 2.36. The van der Waals surface area contributed by atoms with Gasteiger partial charge in [-0.05, 0) is 56.4 Å². The summed E-state index contributed by atoms with van der Waals surface area (Å²) in [6.07, 6.45) is 2.53. The molecule has 0 bridgehead atoms. The van der Waals surface area contributed by atoms with Crippen LogP contribution >= 0.6 is 35.3 Å². The molecule has 1 aliphatic rings. The summed E-state index contributed by atoms with van der Waals surface area (Å²) >= 11 is 1.87. The van der Waals surface area contributed by atoms with E-state index in [0.29, 0.717) is 12.0 Å². The second kappa shape index (κ2) is 13.3. The molecule has 2 aromatic rings. The van der Waals surface area contributed by atoms with Crippen LogP contribution in [0.1, 0.15) is 29.3 Å². The molecule has 1 aromatic heterocycles. The monoisotopic (exact) mass is 541 g/mol. The number of nitrogens with one attached hydrogen (secondary N) is 2. The Morgan fingerprint density at radius 2 is 2.00 bits per heavy atom. The van der Waals surface area contributed by atoms with Gasteiger partial charge in [-0.3, -0.25) is 9.89 Å². The molecule has 1 saturated heterocycles. The summed E-state index contributed by atoms with van der Waals surface area (Å²) in [5.74, 6) is 1.50. The molecule has 1 fully saturated rings. The molecule has 5 nitrogen and oxygen atoms in total. The van der Waals surface area contributed by atoms with Crippen LogP contribution in [0, 0.1) is 5.92 Å². The maximum absolute atomic E-state index is 4.43. The lowest BCUT2D eigenvalue weighted by Crippen LogP contribution is -2.46. The molecule has 2 N–H and O–H groups in total. The van der Waals surface area contributed by atoms with Gasteiger partial charge in [-0.15, -0.1) is 35.3 Å². The average Bonchev–Trinajstić information content (AvgIpc) is 3.25. The van der Waals surface area contributed by atoms with Crippen LogP contribution in [0.2, 0.25) is 0 Å². The minimum atomic E-state index is 0. The van der Waals surface area contributed by atoms with Gasteiger partial charge in [0.25, 0.3) is 0 Å². The highest BCUT2D eigenvalue weighted by atomic mass is 127. The third-order valence-corrected chi connectivity index (χ3v) is 6.62. The molecule has 1 aliphatic heterocycles. The van der Waals surface area contributed by atoms with E-state index in [2.05, 4.69) is 87.4 Å². The molecule has 1 aromatic carbocycles. The van der Waals surface area contributed by atoms with Gasteiger partial charge in [0.1, 0.15) is 0 Å². The Kier molecular flexibility index (Phi) is 11.1. The van der Waals surface area contributed by atoms with Crippen LogP contribution < -0.4 is 10.6 Å². The predicted molar refractivity (Wildman–Crippen MR) is 140 cm³/mol. The SMILES string of the molecule is CN=C(NCCN(C)Cc1ccccc1)NCC1CCCN(C)C1c1cccs1.I. The first-order valence-electron chi connectivity index (χ1n) is 10.6. The molecular weight excluding hydrogens is 505 g/mol. The van der Waals surface area contributed by atoms with E-state index in [9.17, 15) is 0 Å². The van der Waals surface area contributed by atoms with Crippen molar-refractivity contribution in [2.24, 2.45) is 10.9 Å². The first-order valence-corrected chi connectivity index (χ1v) is 11.5. The number of likely N-dealkylation sites (tertiary alicyclic amines) is 1. The largest absolute Gasteiger partial charge is 0.356 e. The van der Waals surface area contributed by atoms with Gasteiger partial charge >= 0.3 is 0 Å². The third-order valence-electron chi connectivity index (χ3n) is 5.68. The van der Waals surface area contributed by atoms with Crippen molar-refractivity contribution in [1.82, 2.24) is 20.4 Å². The van der Waals surface area contributed by atoms with E-state index in [-0.39, 0.29) is 24.0 Å². The molecule has 0 saturated carbocycles. The summed E-state index contributed by atoms with van der Waals surface area (Å²) in [5, 5.41) is 9.24. The maximum atomic E-state index is 4.43. The number of thiophene rings is 1. The van der Waals surface area contributed by atoms with E-state index >= 15 is 0 Å². The number of hydrogen-bond donors (Lipinski definition) is 2. The molecule has 2 heterocycles. The van der Waals surface area contributed by atoms with Crippen molar-refractivity contribution < 1.29 is 0 Å². The van der Waals surface area contributed by atoms with Crippen LogP contribution in [-0.4, -0.2) is 63.1 Å². The van der Waals surface area contributed by atoms with Gasteiger partial charge < -0.3 is 15.5 Å². The summed E-state index contributed by atoms with van der Waals surface area (Å²) in [7, 11) is 6.27. The molecule has 7 heteroatoms. The lowest BCUT2D eigenvalue weighted by molar-refractivity contribution is 0.125.